The van der Waals surface area contributed by atoms with E-state index in [0.29, 0.717) is 11.6 Å². The Morgan fingerprint density at radius 3 is 2.67 bits per heavy atom. The molecule has 18 heavy (non-hydrogen) atoms. The van der Waals surface area contributed by atoms with E-state index in [-0.39, 0.29) is 18.0 Å². The highest BCUT2D eigenvalue weighted by atomic mass is 16.5. The Morgan fingerprint density at radius 2 is 2.06 bits per heavy atom. The maximum Gasteiger partial charge on any atom is 0.341 e. The predicted molar refractivity (Wildman–Crippen MR) is 64.2 cm³/mol. The number of hydrogen-bond acceptors (Lipinski definition) is 5. The number of nitrogens with zero attached hydrogens (tertiary/aromatic N) is 2. The van der Waals surface area contributed by atoms with Crippen molar-refractivity contribution < 1.29 is 14.6 Å². The van der Waals surface area contributed by atoms with Crippen LogP contribution >= 0.6 is 0 Å². The Balaban J connectivity index is 2.07. The number of rotatable bonds is 4. The van der Waals surface area contributed by atoms with Gasteiger partial charge in [0.2, 0.25) is 0 Å². The summed E-state index contributed by atoms with van der Waals surface area (Å²) in [6.07, 6.45) is 1.17. The molecule has 1 aromatic carbocycles. The molecular formula is C12H11N3O3. The first-order valence-electron chi connectivity index (χ1n) is 5.19. The van der Waals surface area contributed by atoms with Gasteiger partial charge in [0.25, 0.3) is 0 Å². The third-order valence-corrected chi connectivity index (χ3v) is 2.21. The Kier molecular flexibility index (Phi) is 3.38. The van der Waals surface area contributed by atoms with E-state index in [1.807, 2.05) is 18.2 Å². The summed E-state index contributed by atoms with van der Waals surface area (Å²) in [6.45, 7) is 0.133. The third kappa shape index (κ3) is 2.73. The van der Waals surface area contributed by atoms with E-state index in [1.165, 1.54) is 6.20 Å². The van der Waals surface area contributed by atoms with Crippen molar-refractivity contribution in [3.63, 3.8) is 0 Å². The molecule has 2 rings (SSSR count). The fraction of sp³-hybridized carbons (Fsp3) is 0.0833. The van der Waals surface area contributed by atoms with Crippen molar-refractivity contribution >= 4 is 11.8 Å². The van der Waals surface area contributed by atoms with Gasteiger partial charge in [-0.1, -0.05) is 18.2 Å². The second-order valence-electron chi connectivity index (χ2n) is 3.49. The smallest absolute Gasteiger partial charge is 0.341 e. The van der Waals surface area contributed by atoms with Crippen LogP contribution in [0.25, 0.3) is 0 Å². The molecule has 0 saturated carbocycles. The van der Waals surface area contributed by atoms with Crippen LogP contribution in [0.4, 0.5) is 5.82 Å². The molecule has 92 valence electrons. The van der Waals surface area contributed by atoms with Gasteiger partial charge in [0.05, 0.1) is 0 Å². The molecule has 0 aliphatic rings. The van der Waals surface area contributed by atoms with Crippen molar-refractivity contribution in [2.75, 3.05) is 5.73 Å². The summed E-state index contributed by atoms with van der Waals surface area (Å²) in [5.41, 5.74) is 5.39. The number of carbonyl (C=O) groups is 1. The summed E-state index contributed by atoms with van der Waals surface area (Å²) >= 11 is 0. The molecular weight excluding hydrogens is 234 g/mol. The molecule has 0 radical (unpaired) electrons. The molecule has 1 aromatic heterocycles. The molecule has 0 spiro atoms. The zero-order valence-corrected chi connectivity index (χ0v) is 9.41. The van der Waals surface area contributed by atoms with Crippen LogP contribution in [-0.4, -0.2) is 21.0 Å². The first kappa shape index (κ1) is 11.8. The predicted octanol–water partition coefficient (Wildman–Crippen LogP) is 1.34. The van der Waals surface area contributed by atoms with Crippen molar-refractivity contribution in [3.8, 4) is 5.75 Å². The fourth-order valence-electron chi connectivity index (χ4n) is 1.33. The second kappa shape index (κ2) is 5.13. The Bertz CT molecular complexity index is 558. The fourth-order valence-corrected chi connectivity index (χ4v) is 1.33. The summed E-state index contributed by atoms with van der Waals surface area (Å²) in [5.74, 6) is -0.199. The van der Waals surface area contributed by atoms with Crippen LogP contribution in [0.3, 0.4) is 0 Å². The normalized spacial score (nSPS) is 10.0. The molecule has 2 aromatic rings. The van der Waals surface area contributed by atoms with Gasteiger partial charge in [0.1, 0.15) is 23.7 Å². The lowest BCUT2D eigenvalue weighted by atomic mass is 10.3. The number of carboxylic acid groups (broad SMARTS) is 1. The lowest BCUT2D eigenvalue weighted by Crippen LogP contribution is -2.09. The quantitative estimate of drug-likeness (QED) is 0.843. The number of aromatic nitrogens is 2. The molecule has 0 amide bonds. The number of ether oxygens (including phenoxy) is 1. The summed E-state index contributed by atoms with van der Waals surface area (Å²) in [6, 6.07) is 9.17. The minimum absolute atomic E-state index is 0.0656. The van der Waals surface area contributed by atoms with Gasteiger partial charge in [-0.25, -0.2) is 14.8 Å². The Labute approximate surface area is 103 Å². The second-order valence-corrected chi connectivity index (χ2v) is 3.49. The molecule has 3 N–H and O–H groups in total. The molecule has 0 aliphatic heterocycles. The first-order chi connectivity index (χ1) is 8.66. The van der Waals surface area contributed by atoms with E-state index in [0.717, 1.165) is 0 Å². The maximum atomic E-state index is 10.7. The van der Waals surface area contributed by atoms with Gasteiger partial charge in [-0.2, -0.15) is 0 Å². The van der Waals surface area contributed by atoms with Gasteiger partial charge >= 0.3 is 5.97 Å². The minimum Gasteiger partial charge on any atom is -0.486 e. The van der Waals surface area contributed by atoms with E-state index in [1.54, 1.807) is 12.1 Å². The van der Waals surface area contributed by atoms with Crippen molar-refractivity contribution in [2.24, 2.45) is 0 Å². The molecule has 0 bridgehead atoms. The molecule has 0 saturated heterocycles. The van der Waals surface area contributed by atoms with E-state index >= 15 is 0 Å². The van der Waals surface area contributed by atoms with Gasteiger partial charge < -0.3 is 15.6 Å². The largest absolute Gasteiger partial charge is 0.486 e. The zero-order chi connectivity index (χ0) is 13.0. The summed E-state index contributed by atoms with van der Waals surface area (Å²) < 4.78 is 5.42. The maximum absolute atomic E-state index is 10.7. The van der Waals surface area contributed by atoms with Crippen molar-refractivity contribution in [1.82, 2.24) is 9.97 Å². The van der Waals surface area contributed by atoms with Crippen LogP contribution in [0.5, 0.6) is 5.75 Å². The van der Waals surface area contributed by atoms with Crippen LogP contribution in [0.2, 0.25) is 0 Å². The standard InChI is InChI=1S/C12H11N3O3/c13-11-9(12(16)17)6-14-10(15-11)7-18-8-4-2-1-3-5-8/h1-6H,7H2,(H,16,17)(H2,13,14,15). The number of nitrogen functional groups attached to an aromatic ring is 1. The molecule has 0 aliphatic carbocycles. The van der Waals surface area contributed by atoms with Crippen molar-refractivity contribution in [2.45, 2.75) is 6.61 Å². The molecule has 0 unspecified atom stereocenters. The van der Waals surface area contributed by atoms with Crippen LogP contribution < -0.4 is 10.5 Å². The SMILES string of the molecule is Nc1nc(COc2ccccc2)ncc1C(=O)O. The van der Waals surface area contributed by atoms with Gasteiger partial charge in [-0.15, -0.1) is 0 Å². The number of nitrogens with two attached hydrogens (primary N) is 1. The summed E-state index contributed by atoms with van der Waals surface area (Å²) in [7, 11) is 0. The van der Waals surface area contributed by atoms with Crippen LogP contribution in [0.1, 0.15) is 16.2 Å². The van der Waals surface area contributed by atoms with E-state index in [9.17, 15) is 4.79 Å². The van der Waals surface area contributed by atoms with E-state index < -0.39 is 5.97 Å². The summed E-state index contributed by atoms with van der Waals surface area (Å²) in [4.78, 5) is 18.5. The van der Waals surface area contributed by atoms with Crippen LogP contribution in [-0.2, 0) is 6.61 Å². The molecule has 6 nitrogen and oxygen atoms in total. The van der Waals surface area contributed by atoms with Gasteiger partial charge in [-0.05, 0) is 12.1 Å². The lowest BCUT2D eigenvalue weighted by molar-refractivity contribution is 0.0697. The lowest BCUT2D eigenvalue weighted by Gasteiger charge is -2.06. The molecule has 0 fully saturated rings. The Hall–Kier alpha value is -2.63. The van der Waals surface area contributed by atoms with Gasteiger partial charge in [-0.3, -0.25) is 0 Å². The number of hydrogen-bond donors (Lipinski definition) is 2. The third-order valence-electron chi connectivity index (χ3n) is 2.21. The zero-order valence-electron chi connectivity index (χ0n) is 9.41. The summed E-state index contributed by atoms with van der Waals surface area (Å²) in [5, 5.41) is 8.77. The molecule has 0 atom stereocenters. The average Bonchev–Trinajstić information content (AvgIpc) is 2.37. The van der Waals surface area contributed by atoms with Crippen molar-refractivity contribution in [1.29, 1.82) is 0 Å². The Morgan fingerprint density at radius 1 is 1.33 bits per heavy atom. The molecule has 6 heteroatoms. The highest BCUT2D eigenvalue weighted by molar-refractivity contribution is 5.92. The highest BCUT2D eigenvalue weighted by Crippen LogP contribution is 2.12. The van der Waals surface area contributed by atoms with Crippen LogP contribution in [0, 0.1) is 0 Å². The highest BCUT2D eigenvalue weighted by Gasteiger charge is 2.10. The average molecular weight is 245 g/mol. The van der Waals surface area contributed by atoms with Crippen LogP contribution in [0.15, 0.2) is 36.5 Å². The number of anilines is 1. The van der Waals surface area contributed by atoms with Gasteiger partial charge in [0, 0.05) is 6.20 Å². The number of carboxylic acids is 1. The minimum atomic E-state index is -1.15. The number of aromatic carboxylic acids is 1. The topological polar surface area (TPSA) is 98.3 Å². The van der Waals surface area contributed by atoms with Gasteiger partial charge in [0.15, 0.2) is 5.82 Å². The van der Waals surface area contributed by atoms with E-state index in [4.69, 9.17) is 15.6 Å². The molecule has 1 heterocycles. The number of para-hydroxylation sites is 1. The first-order valence-corrected chi connectivity index (χ1v) is 5.19. The monoisotopic (exact) mass is 245 g/mol. The van der Waals surface area contributed by atoms with Crippen molar-refractivity contribution in [3.05, 3.63) is 47.9 Å². The van der Waals surface area contributed by atoms with E-state index in [2.05, 4.69) is 9.97 Å². The number of benzene rings is 1.